The summed E-state index contributed by atoms with van der Waals surface area (Å²) in [4.78, 5) is 6.01. The highest BCUT2D eigenvalue weighted by Gasteiger charge is 2.14. The molecule has 2 N–H and O–H groups in total. The van der Waals surface area contributed by atoms with E-state index in [0.717, 1.165) is 48.3 Å². The number of rotatable bonds is 10. The summed E-state index contributed by atoms with van der Waals surface area (Å²) >= 11 is 1.72. The third-order valence-corrected chi connectivity index (χ3v) is 6.43. The van der Waals surface area contributed by atoms with Crippen molar-refractivity contribution in [3.63, 3.8) is 0 Å². The number of allylic oxidation sites excluding steroid dienone is 1. The third kappa shape index (κ3) is 4.99. The smallest absolute Gasteiger partial charge is 0.179 e. The normalized spacial score (nSPS) is 11.9. The minimum atomic E-state index is 0.653. The fourth-order valence-electron chi connectivity index (χ4n) is 3.77. The van der Waals surface area contributed by atoms with Crippen LogP contribution in [0.15, 0.2) is 48.0 Å². The van der Waals surface area contributed by atoms with Crippen molar-refractivity contribution in [1.29, 1.82) is 0 Å². The Morgan fingerprint density at radius 2 is 1.91 bits per heavy atom. The van der Waals surface area contributed by atoms with E-state index in [1.807, 2.05) is 18.3 Å². The maximum absolute atomic E-state index is 4.77. The van der Waals surface area contributed by atoms with E-state index < -0.39 is 0 Å². The van der Waals surface area contributed by atoms with Gasteiger partial charge in [-0.25, -0.2) is 15.2 Å². The van der Waals surface area contributed by atoms with Gasteiger partial charge in [-0.3, -0.25) is 0 Å². The largest absolute Gasteiger partial charge is 0.324 e. The van der Waals surface area contributed by atoms with Gasteiger partial charge >= 0.3 is 0 Å². The molecule has 0 amide bonds. The molecule has 0 radical (unpaired) electrons. The van der Waals surface area contributed by atoms with Crippen molar-refractivity contribution < 1.29 is 0 Å². The van der Waals surface area contributed by atoms with Crippen LogP contribution in [0.5, 0.6) is 0 Å². The Bertz CT molecular complexity index is 1320. The second kappa shape index (κ2) is 10.3. The highest BCUT2D eigenvalue weighted by molar-refractivity contribution is 7.10. The van der Waals surface area contributed by atoms with Crippen LogP contribution < -0.4 is 0 Å². The van der Waals surface area contributed by atoms with E-state index in [2.05, 4.69) is 88.5 Å². The quantitative estimate of drug-likeness (QED) is 0.316. The molecule has 172 valence electrons. The van der Waals surface area contributed by atoms with Crippen molar-refractivity contribution in [3.8, 4) is 11.4 Å². The van der Waals surface area contributed by atoms with Crippen molar-refractivity contribution in [1.82, 2.24) is 50.8 Å². The fraction of sp³-hybridized carbons (Fsp3) is 0.261. The number of aryl methyl sites for hydroxylation is 1. The van der Waals surface area contributed by atoms with Crippen molar-refractivity contribution >= 4 is 23.0 Å². The average Bonchev–Trinajstić information content (AvgIpc) is 3.68. The number of nitrogens with one attached hydrogen (secondary N) is 2. The van der Waals surface area contributed by atoms with Crippen molar-refractivity contribution in [2.75, 3.05) is 0 Å². The van der Waals surface area contributed by atoms with Gasteiger partial charge < -0.3 is 4.57 Å². The lowest BCUT2D eigenvalue weighted by Crippen LogP contribution is -2.08. The molecule has 0 saturated carbocycles. The van der Waals surface area contributed by atoms with Crippen LogP contribution in [0.3, 0.4) is 0 Å². The van der Waals surface area contributed by atoms with E-state index in [1.54, 1.807) is 11.3 Å². The predicted octanol–water partition coefficient (Wildman–Crippen LogP) is 3.81. The molecule has 5 aromatic rings. The van der Waals surface area contributed by atoms with Gasteiger partial charge in [-0.1, -0.05) is 43.7 Å². The maximum Gasteiger partial charge on any atom is 0.179 e. The lowest BCUT2D eigenvalue weighted by molar-refractivity contribution is 0.675. The fourth-order valence-corrected chi connectivity index (χ4v) is 4.50. The molecule has 11 heteroatoms. The minimum absolute atomic E-state index is 0.653. The van der Waals surface area contributed by atoms with Crippen LogP contribution in [0, 0.1) is 0 Å². The molecular weight excluding hydrogens is 448 g/mol. The molecule has 1 aromatic carbocycles. The van der Waals surface area contributed by atoms with Crippen molar-refractivity contribution in [2.24, 2.45) is 0 Å². The Kier molecular flexibility index (Phi) is 6.61. The zero-order valence-electron chi connectivity index (χ0n) is 18.7. The lowest BCUT2D eigenvalue weighted by atomic mass is 10.1. The second-order valence-electron chi connectivity index (χ2n) is 7.91. The Labute approximate surface area is 200 Å². The van der Waals surface area contributed by atoms with Crippen molar-refractivity contribution in [2.45, 2.75) is 39.2 Å². The molecule has 0 spiro atoms. The number of aromatic amines is 2. The molecule has 4 aromatic heterocycles. The standard InChI is InChI=1S/C23H24N10S/c1-2-3-6-21-24-14-19(12-18(23-27-31-32-28-23)13-20-5-4-11-34-20)33(21)15-16-7-9-17(10-8-16)22-25-29-30-26-22/h4-5,7-12,14H,2-3,6,13,15H2,1H3,(H,25,26,29,30)(H,27,28,31,32)/b18-12+. The van der Waals surface area contributed by atoms with Crippen LogP contribution in [-0.2, 0) is 19.4 Å². The van der Waals surface area contributed by atoms with Gasteiger partial charge in [-0.15, -0.1) is 21.5 Å². The topological polar surface area (TPSA) is 127 Å². The van der Waals surface area contributed by atoms with Crippen LogP contribution in [0.1, 0.15) is 47.5 Å². The molecule has 0 bridgehead atoms. The Balaban J connectivity index is 1.48. The SMILES string of the molecule is CCCCc1ncc(/C=C(\Cc2cccs2)c2nnn[nH]2)n1Cc1ccc(-c2nnn[nH]2)cc1. The van der Waals surface area contributed by atoms with Gasteiger partial charge in [0, 0.05) is 35.4 Å². The minimum Gasteiger partial charge on any atom is -0.324 e. The average molecular weight is 473 g/mol. The molecule has 10 nitrogen and oxygen atoms in total. The van der Waals surface area contributed by atoms with E-state index in [4.69, 9.17) is 4.98 Å². The monoisotopic (exact) mass is 472 g/mol. The molecule has 5 rings (SSSR count). The Morgan fingerprint density at radius 1 is 1.06 bits per heavy atom. The molecule has 4 heterocycles. The molecule has 0 unspecified atom stereocenters. The van der Waals surface area contributed by atoms with E-state index in [1.165, 1.54) is 10.4 Å². The summed E-state index contributed by atoms with van der Waals surface area (Å²) in [5.74, 6) is 2.39. The van der Waals surface area contributed by atoms with Gasteiger partial charge in [0.2, 0.25) is 0 Å². The molecule has 0 fully saturated rings. The summed E-state index contributed by atoms with van der Waals surface area (Å²) in [6, 6.07) is 12.4. The molecule has 34 heavy (non-hydrogen) atoms. The van der Waals surface area contributed by atoms with Gasteiger partial charge in [-0.2, -0.15) is 0 Å². The first-order valence-electron chi connectivity index (χ1n) is 11.1. The number of H-pyrrole nitrogens is 2. The number of imidazole rings is 1. The van der Waals surface area contributed by atoms with Crippen molar-refractivity contribution in [3.05, 3.63) is 75.8 Å². The molecule has 0 aliphatic heterocycles. The number of nitrogens with zero attached hydrogens (tertiary/aromatic N) is 8. The number of thiophene rings is 1. The second-order valence-corrected chi connectivity index (χ2v) is 8.94. The first-order chi connectivity index (χ1) is 16.8. The van der Waals surface area contributed by atoms with E-state index >= 15 is 0 Å². The van der Waals surface area contributed by atoms with Gasteiger partial charge in [0.05, 0.1) is 11.9 Å². The summed E-state index contributed by atoms with van der Waals surface area (Å²) in [6.45, 7) is 2.90. The Morgan fingerprint density at radius 3 is 2.62 bits per heavy atom. The summed E-state index contributed by atoms with van der Waals surface area (Å²) in [5, 5.41) is 30.8. The number of tetrazole rings is 2. The highest BCUT2D eigenvalue weighted by Crippen LogP contribution is 2.24. The van der Waals surface area contributed by atoms with Crippen LogP contribution >= 0.6 is 11.3 Å². The van der Waals surface area contributed by atoms with Gasteiger partial charge in [-0.05, 0) is 50.4 Å². The Hall–Kier alpha value is -3.99. The zero-order valence-corrected chi connectivity index (χ0v) is 19.5. The maximum atomic E-state index is 4.77. The highest BCUT2D eigenvalue weighted by atomic mass is 32.1. The predicted molar refractivity (Wildman–Crippen MR) is 130 cm³/mol. The van der Waals surface area contributed by atoms with Gasteiger partial charge in [0.25, 0.3) is 0 Å². The van der Waals surface area contributed by atoms with Gasteiger partial charge in [0.1, 0.15) is 5.82 Å². The summed E-state index contributed by atoms with van der Waals surface area (Å²) in [5.41, 5.74) is 4.16. The first kappa shape index (κ1) is 21.8. The number of unbranched alkanes of at least 4 members (excludes halogenated alkanes) is 1. The lowest BCUT2D eigenvalue weighted by Gasteiger charge is -2.12. The first-order valence-corrected chi connectivity index (χ1v) is 12.0. The molecular formula is C23H24N10S. The van der Waals surface area contributed by atoms with E-state index in [-0.39, 0.29) is 0 Å². The van der Waals surface area contributed by atoms with E-state index in [0.29, 0.717) is 18.2 Å². The summed E-state index contributed by atoms with van der Waals surface area (Å²) < 4.78 is 2.28. The molecule has 0 aliphatic rings. The molecule has 0 saturated heterocycles. The summed E-state index contributed by atoms with van der Waals surface area (Å²) in [6.07, 6.45) is 7.95. The number of benzene rings is 1. The molecule has 0 atom stereocenters. The summed E-state index contributed by atoms with van der Waals surface area (Å²) in [7, 11) is 0. The van der Waals surface area contributed by atoms with Crippen LogP contribution in [0.4, 0.5) is 0 Å². The van der Waals surface area contributed by atoms with Crippen LogP contribution in [-0.4, -0.2) is 50.8 Å². The number of hydrogen-bond acceptors (Lipinski definition) is 8. The third-order valence-electron chi connectivity index (χ3n) is 5.55. The number of aromatic nitrogens is 10. The van der Waals surface area contributed by atoms with Crippen LogP contribution in [0.2, 0.25) is 0 Å². The molecule has 0 aliphatic carbocycles. The van der Waals surface area contributed by atoms with Gasteiger partial charge in [0.15, 0.2) is 11.6 Å². The van der Waals surface area contributed by atoms with Crippen LogP contribution in [0.25, 0.3) is 23.0 Å². The number of hydrogen-bond donors (Lipinski definition) is 2. The zero-order chi connectivity index (χ0) is 23.2. The van der Waals surface area contributed by atoms with E-state index in [9.17, 15) is 0 Å².